The fourth-order valence-corrected chi connectivity index (χ4v) is 2.10. The monoisotopic (exact) mass is 262 g/mol. The van der Waals surface area contributed by atoms with E-state index in [4.69, 9.17) is 4.74 Å². The van der Waals surface area contributed by atoms with Gasteiger partial charge in [0.15, 0.2) is 0 Å². The van der Waals surface area contributed by atoms with Gasteiger partial charge in [0.05, 0.1) is 25.0 Å². The zero-order valence-electron chi connectivity index (χ0n) is 11.4. The van der Waals surface area contributed by atoms with Crippen LogP contribution in [-0.2, 0) is 16.1 Å². The van der Waals surface area contributed by atoms with Crippen LogP contribution in [0.1, 0.15) is 26.5 Å². The van der Waals surface area contributed by atoms with Crippen molar-refractivity contribution in [3.05, 3.63) is 24.0 Å². The van der Waals surface area contributed by atoms with Crippen LogP contribution in [-0.4, -0.2) is 28.3 Å². The number of hydrogen-bond acceptors (Lipinski definition) is 4. The molecule has 0 saturated carbocycles. The van der Waals surface area contributed by atoms with Crippen LogP contribution in [0.2, 0.25) is 0 Å². The first-order chi connectivity index (χ1) is 9.04. The summed E-state index contributed by atoms with van der Waals surface area (Å²) < 4.78 is 5.30. The number of aromatic nitrogens is 1. The van der Waals surface area contributed by atoms with E-state index < -0.39 is 0 Å². The molecule has 2 rings (SSSR count). The van der Waals surface area contributed by atoms with E-state index in [1.807, 2.05) is 6.92 Å². The van der Waals surface area contributed by atoms with Crippen molar-refractivity contribution in [2.75, 3.05) is 6.61 Å². The lowest BCUT2D eigenvalue weighted by Crippen LogP contribution is -2.30. The maximum atomic E-state index is 12.0. The molecule has 2 amide bonds. The highest BCUT2D eigenvalue weighted by molar-refractivity contribution is 6.04. The van der Waals surface area contributed by atoms with Gasteiger partial charge in [-0.1, -0.05) is 13.8 Å². The minimum atomic E-state index is -0.241. The molecule has 0 radical (unpaired) electrons. The summed E-state index contributed by atoms with van der Waals surface area (Å²) in [6.07, 6.45) is 1.61. The molecule has 1 aromatic heterocycles. The lowest BCUT2D eigenvalue weighted by atomic mass is 10.00. The standard InChI is InChI=1S/C14H18N2O3/c1-4-19-12-6-5-11(15-7-12)8-16-13(17)9(2)10(3)14(16)18/h5-7,9-10H,4,8H2,1-3H3. The van der Waals surface area contributed by atoms with E-state index in [-0.39, 0.29) is 30.2 Å². The summed E-state index contributed by atoms with van der Waals surface area (Å²) in [6.45, 7) is 6.29. The highest BCUT2D eigenvalue weighted by Gasteiger charge is 2.42. The molecule has 1 aliphatic heterocycles. The van der Waals surface area contributed by atoms with Crippen LogP contribution in [0, 0.1) is 11.8 Å². The second kappa shape index (κ2) is 5.38. The van der Waals surface area contributed by atoms with E-state index in [1.54, 1.807) is 32.2 Å². The molecule has 0 bridgehead atoms. The molecule has 2 unspecified atom stereocenters. The summed E-state index contributed by atoms with van der Waals surface area (Å²) in [5.41, 5.74) is 0.687. The third kappa shape index (κ3) is 2.59. The zero-order chi connectivity index (χ0) is 14.0. The summed E-state index contributed by atoms with van der Waals surface area (Å²) in [5.74, 6) is -0.0289. The van der Waals surface area contributed by atoms with E-state index >= 15 is 0 Å². The molecule has 1 saturated heterocycles. The molecule has 1 aliphatic rings. The third-order valence-electron chi connectivity index (χ3n) is 3.49. The Bertz CT molecular complexity index is 464. The summed E-state index contributed by atoms with van der Waals surface area (Å²) in [5, 5.41) is 0. The van der Waals surface area contributed by atoms with Crippen molar-refractivity contribution in [1.29, 1.82) is 0 Å². The number of pyridine rings is 1. The molecule has 2 heterocycles. The molecule has 0 aromatic carbocycles. The van der Waals surface area contributed by atoms with E-state index in [9.17, 15) is 9.59 Å². The zero-order valence-corrected chi connectivity index (χ0v) is 11.4. The van der Waals surface area contributed by atoms with Crippen LogP contribution in [0.3, 0.4) is 0 Å². The molecule has 0 spiro atoms. The quantitative estimate of drug-likeness (QED) is 0.774. The maximum absolute atomic E-state index is 12.0. The number of nitrogens with zero attached hydrogens (tertiary/aromatic N) is 2. The molecule has 0 N–H and O–H groups in total. The van der Waals surface area contributed by atoms with Gasteiger partial charge in [-0.2, -0.15) is 0 Å². The van der Waals surface area contributed by atoms with Gasteiger partial charge in [0.1, 0.15) is 5.75 Å². The lowest BCUT2D eigenvalue weighted by Gasteiger charge is -2.14. The SMILES string of the molecule is CCOc1ccc(CN2C(=O)C(C)C(C)C2=O)nc1. The lowest BCUT2D eigenvalue weighted by molar-refractivity contribution is -0.140. The van der Waals surface area contributed by atoms with Crippen LogP contribution in [0.4, 0.5) is 0 Å². The Morgan fingerprint density at radius 1 is 1.21 bits per heavy atom. The molecule has 5 heteroatoms. The summed E-state index contributed by atoms with van der Waals surface area (Å²) in [4.78, 5) is 29.4. The Kier molecular flexibility index (Phi) is 3.83. The largest absolute Gasteiger partial charge is 0.492 e. The molecular weight excluding hydrogens is 244 g/mol. The Morgan fingerprint density at radius 2 is 1.84 bits per heavy atom. The van der Waals surface area contributed by atoms with Gasteiger partial charge in [-0.05, 0) is 19.1 Å². The summed E-state index contributed by atoms with van der Waals surface area (Å²) >= 11 is 0. The van der Waals surface area contributed by atoms with Gasteiger partial charge in [0, 0.05) is 11.8 Å². The van der Waals surface area contributed by atoms with Crippen LogP contribution >= 0.6 is 0 Å². The normalized spacial score (nSPS) is 23.0. The number of likely N-dealkylation sites (tertiary alicyclic amines) is 1. The third-order valence-corrected chi connectivity index (χ3v) is 3.49. The Morgan fingerprint density at radius 3 is 2.32 bits per heavy atom. The van der Waals surface area contributed by atoms with E-state index in [1.165, 1.54) is 4.90 Å². The number of carbonyl (C=O) groups is 2. The van der Waals surface area contributed by atoms with Crippen LogP contribution in [0.5, 0.6) is 5.75 Å². The number of hydrogen-bond donors (Lipinski definition) is 0. The number of amides is 2. The molecule has 2 atom stereocenters. The van der Waals surface area contributed by atoms with E-state index in [0.717, 1.165) is 0 Å². The summed E-state index contributed by atoms with van der Waals surface area (Å²) in [7, 11) is 0. The van der Waals surface area contributed by atoms with E-state index in [2.05, 4.69) is 4.98 Å². The highest BCUT2D eigenvalue weighted by atomic mass is 16.5. The average molecular weight is 262 g/mol. The van der Waals surface area contributed by atoms with Crippen molar-refractivity contribution in [1.82, 2.24) is 9.88 Å². The molecule has 102 valence electrons. The average Bonchev–Trinajstić information content (AvgIpc) is 2.59. The van der Waals surface area contributed by atoms with Gasteiger partial charge in [-0.3, -0.25) is 19.5 Å². The topological polar surface area (TPSA) is 59.5 Å². The predicted octanol–water partition coefficient (Wildman–Crippen LogP) is 1.62. The van der Waals surface area contributed by atoms with Gasteiger partial charge in [-0.15, -0.1) is 0 Å². The fourth-order valence-electron chi connectivity index (χ4n) is 2.10. The van der Waals surface area contributed by atoms with Crippen LogP contribution in [0.15, 0.2) is 18.3 Å². The second-order valence-corrected chi connectivity index (χ2v) is 4.76. The number of imide groups is 1. The van der Waals surface area contributed by atoms with Crippen LogP contribution in [0.25, 0.3) is 0 Å². The number of rotatable bonds is 4. The van der Waals surface area contributed by atoms with Crippen molar-refractivity contribution < 1.29 is 14.3 Å². The van der Waals surface area contributed by atoms with Gasteiger partial charge < -0.3 is 4.74 Å². The molecule has 1 aromatic rings. The molecule has 5 nitrogen and oxygen atoms in total. The predicted molar refractivity (Wildman–Crippen MR) is 69.3 cm³/mol. The number of ether oxygens (including phenoxy) is 1. The number of carbonyl (C=O) groups excluding carboxylic acids is 2. The molecular formula is C14H18N2O3. The minimum Gasteiger partial charge on any atom is -0.492 e. The molecule has 1 fully saturated rings. The minimum absolute atomic E-state index is 0.117. The maximum Gasteiger partial charge on any atom is 0.233 e. The van der Waals surface area contributed by atoms with Gasteiger partial charge in [0.2, 0.25) is 11.8 Å². The van der Waals surface area contributed by atoms with Crippen LogP contribution < -0.4 is 4.74 Å². The fraction of sp³-hybridized carbons (Fsp3) is 0.500. The highest BCUT2D eigenvalue weighted by Crippen LogP contribution is 2.26. The van der Waals surface area contributed by atoms with Gasteiger partial charge in [0.25, 0.3) is 0 Å². The Balaban J connectivity index is 2.09. The molecule has 0 aliphatic carbocycles. The van der Waals surface area contributed by atoms with Crippen molar-refractivity contribution >= 4 is 11.8 Å². The second-order valence-electron chi connectivity index (χ2n) is 4.76. The van der Waals surface area contributed by atoms with Crippen molar-refractivity contribution in [3.8, 4) is 5.75 Å². The van der Waals surface area contributed by atoms with E-state index in [0.29, 0.717) is 18.1 Å². The Hall–Kier alpha value is -1.91. The van der Waals surface area contributed by atoms with Crippen molar-refractivity contribution in [3.63, 3.8) is 0 Å². The molecule has 19 heavy (non-hydrogen) atoms. The van der Waals surface area contributed by atoms with Gasteiger partial charge >= 0.3 is 0 Å². The first-order valence-electron chi connectivity index (χ1n) is 6.47. The first kappa shape index (κ1) is 13.5. The Labute approximate surface area is 112 Å². The smallest absolute Gasteiger partial charge is 0.233 e. The van der Waals surface area contributed by atoms with Crippen molar-refractivity contribution in [2.24, 2.45) is 11.8 Å². The first-order valence-corrected chi connectivity index (χ1v) is 6.47. The van der Waals surface area contributed by atoms with Crippen molar-refractivity contribution in [2.45, 2.75) is 27.3 Å². The summed E-state index contributed by atoms with van der Waals surface area (Å²) in [6, 6.07) is 3.57. The van der Waals surface area contributed by atoms with Gasteiger partial charge in [-0.25, -0.2) is 0 Å².